The van der Waals surface area contributed by atoms with E-state index in [-0.39, 0.29) is 11.8 Å². The van der Waals surface area contributed by atoms with E-state index < -0.39 is 0 Å². The Morgan fingerprint density at radius 2 is 2.27 bits per heavy atom. The van der Waals surface area contributed by atoms with E-state index in [2.05, 4.69) is 27.8 Å². The number of nitrogens with one attached hydrogen (secondary N) is 1. The first kappa shape index (κ1) is 14.7. The molecule has 22 heavy (non-hydrogen) atoms. The molecule has 1 unspecified atom stereocenters. The fourth-order valence-electron chi connectivity index (χ4n) is 2.51. The van der Waals surface area contributed by atoms with Gasteiger partial charge in [0.15, 0.2) is 5.82 Å². The molecule has 6 nitrogen and oxygen atoms in total. The Morgan fingerprint density at radius 1 is 1.45 bits per heavy atom. The number of tetrazole rings is 1. The van der Waals surface area contributed by atoms with E-state index in [1.807, 2.05) is 35.9 Å². The van der Waals surface area contributed by atoms with Crippen LogP contribution in [0.5, 0.6) is 0 Å². The molecule has 116 valence electrons. The maximum atomic E-state index is 12.1. The Balaban J connectivity index is 1.78. The van der Waals surface area contributed by atoms with Crippen molar-refractivity contribution < 1.29 is 4.79 Å². The summed E-state index contributed by atoms with van der Waals surface area (Å²) in [6.45, 7) is 4.04. The fourth-order valence-corrected chi connectivity index (χ4v) is 2.51. The molecule has 0 radical (unpaired) electrons. The monoisotopic (exact) mass is 299 g/mol. The standard InChI is InChI=1S/C16H21N5O/c1-3-5-11(2)16(22)17-13-7-4-6-12(10-13)15-18-19-20-21(15)14-8-9-14/h4,6-7,10-11,14H,3,5,8-9H2,1-2H3,(H,17,22). The van der Waals surface area contributed by atoms with Crippen LogP contribution in [0.3, 0.4) is 0 Å². The molecular weight excluding hydrogens is 278 g/mol. The van der Waals surface area contributed by atoms with Gasteiger partial charge in [-0.05, 0) is 41.8 Å². The highest BCUT2D eigenvalue weighted by Crippen LogP contribution is 2.36. The van der Waals surface area contributed by atoms with Crippen LogP contribution in [-0.4, -0.2) is 26.1 Å². The van der Waals surface area contributed by atoms with Crippen LogP contribution in [0.4, 0.5) is 5.69 Å². The number of amides is 1. The maximum Gasteiger partial charge on any atom is 0.227 e. The summed E-state index contributed by atoms with van der Waals surface area (Å²) in [4.78, 5) is 12.1. The minimum absolute atomic E-state index is 0.0189. The maximum absolute atomic E-state index is 12.1. The van der Waals surface area contributed by atoms with Gasteiger partial charge >= 0.3 is 0 Å². The summed E-state index contributed by atoms with van der Waals surface area (Å²) >= 11 is 0. The van der Waals surface area contributed by atoms with Gasteiger partial charge in [0.25, 0.3) is 0 Å². The van der Waals surface area contributed by atoms with Gasteiger partial charge in [0.05, 0.1) is 6.04 Å². The van der Waals surface area contributed by atoms with Gasteiger partial charge in [-0.3, -0.25) is 4.79 Å². The van der Waals surface area contributed by atoms with E-state index in [0.29, 0.717) is 6.04 Å². The van der Waals surface area contributed by atoms with Crippen molar-refractivity contribution in [1.29, 1.82) is 0 Å². The molecule has 0 spiro atoms. The Hall–Kier alpha value is -2.24. The molecule has 1 aliphatic rings. The first-order valence-corrected chi connectivity index (χ1v) is 7.88. The van der Waals surface area contributed by atoms with Crippen LogP contribution in [0.1, 0.15) is 45.6 Å². The molecule has 1 heterocycles. The van der Waals surface area contributed by atoms with E-state index >= 15 is 0 Å². The van der Waals surface area contributed by atoms with Crippen molar-refractivity contribution in [2.24, 2.45) is 5.92 Å². The molecule has 0 bridgehead atoms. The van der Waals surface area contributed by atoms with E-state index in [4.69, 9.17) is 0 Å². The zero-order valence-electron chi connectivity index (χ0n) is 13.0. The molecule has 1 aromatic heterocycles. The Labute approximate surface area is 129 Å². The SMILES string of the molecule is CCCC(C)C(=O)Nc1cccc(-c2nnnn2C2CC2)c1. The highest BCUT2D eigenvalue weighted by Gasteiger charge is 2.28. The molecule has 3 rings (SSSR count). The topological polar surface area (TPSA) is 72.7 Å². The molecule has 1 amide bonds. The van der Waals surface area contributed by atoms with Gasteiger partial charge in [-0.2, -0.15) is 0 Å². The van der Waals surface area contributed by atoms with Crippen molar-refractivity contribution in [3.63, 3.8) is 0 Å². The number of anilines is 1. The lowest BCUT2D eigenvalue weighted by Gasteiger charge is -2.12. The first-order chi connectivity index (χ1) is 10.7. The molecule has 1 saturated carbocycles. The highest BCUT2D eigenvalue weighted by molar-refractivity contribution is 5.92. The van der Waals surface area contributed by atoms with Crippen LogP contribution in [0.15, 0.2) is 24.3 Å². The third-order valence-corrected chi connectivity index (χ3v) is 3.94. The highest BCUT2D eigenvalue weighted by atomic mass is 16.1. The van der Waals surface area contributed by atoms with Crippen LogP contribution in [0.25, 0.3) is 11.4 Å². The molecule has 6 heteroatoms. The van der Waals surface area contributed by atoms with Gasteiger partial charge in [0.1, 0.15) is 0 Å². The Kier molecular flexibility index (Phi) is 4.18. The summed E-state index contributed by atoms with van der Waals surface area (Å²) in [7, 11) is 0. The number of rotatable bonds is 6. The number of aromatic nitrogens is 4. The predicted octanol–water partition coefficient (Wildman–Crippen LogP) is 3.05. The predicted molar refractivity (Wildman–Crippen MR) is 84.2 cm³/mol. The van der Waals surface area contributed by atoms with Crippen LogP contribution in [0.2, 0.25) is 0 Å². The van der Waals surface area contributed by atoms with Gasteiger partial charge in [0.2, 0.25) is 5.91 Å². The smallest absolute Gasteiger partial charge is 0.227 e. The van der Waals surface area contributed by atoms with Crippen LogP contribution in [-0.2, 0) is 4.79 Å². The molecule has 1 aliphatic carbocycles. The number of carbonyl (C=O) groups excluding carboxylic acids is 1. The van der Waals surface area contributed by atoms with E-state index in [1.54, 1.807) is 0 Å². The van der Waals surface area contributed by atoms with Gasteiger partial charge in [-0.15, -0.1) is 5.10 Å². The third kappa shape index (κ3) is 3.16. The second kappa shape index (κ2) is 6.25. The molecule has 2 aromatic rings. The lowest BCUT2D eigenvalue weighted by molar-refractivity contribution is -0.119. The normalized spacial score (nSPS) is 15.5. The van der Waals surface area contributed by atoms with Gasteiger partial charge in [-0.25, -0.2) is 4.68 Å². The molecule has 1 atom stereocenters. The average molecular weight is 299 g/mol. The lowest BCUT2D eigenvalue weighted by Crippen LogP contribution is -2.20. The number of benzene rings is 1. The van der Waals surface area contributed by atoms with E-state index in [9.17, 15) is 4.79 Å². The Morgan fingerprint density at radius 3 is 3.00 bits per heavy atom. The third-order valence-electron chi connectivity index (χ3n) is 3.94. The number of carbonyl (C=O) groups is 1. The average Bonchev–Trinajstić information content (AvgIpc) is 3.24. The quantitative estimate of drug-likeness (QED) is 0.889. The summed E-state index contributed by atoms with van der Waals surface area (Å²) in [5, 5.41) is 14.9. The van der Waals surface area contributed by atoms with E-state index in [1.165, 1.54) is 0 Å². The van der Waals surface area contributed by atoms with Crippen LogP contribution >= 0.6 is 0 Å². The van der Waals surface area contributed by atoms with Crippen molar-refractivity contribution in [3.8, 4) is 11.4 Å². The number of hydrogen-bond donors (Lipinski definition) is 1. The van der Waals surface area contributed by atoms with Gasteiger partial charge in [-0.1, -0.05) is 32.4 Å². The summed E-state index contributed by atoms with van der Waals surface area (Å²) < 4.78 is 1.88. The van der Waals surface area contributed by atoms with E-state index in [0.717, 1.165) is 42.8 Å². The largest absolute Gasteiger partial charge is 0.326 e. The minimum Gasteiger partial charge on any atom is -0.326 e. The van der Waals surface area contributed by atoms with Gasteiger partial charge < -0.3 is 5.32 Å². The summed E-state index contributed by atoms with van der Waals surface area (Å²) in [6.07, 6.45) is 4.15. The van der Waals surface area contributed by atoms with Crippen LogP contribution in [0, 0.1) is 5.92 Å². The van der Waals surface area contributed by atoms with Crippen LogP contribution < -0.4 is 5.32 Å². The molecule has 1 aromatic carbocycles. The van der Waals surface area contributed by atoms with Crippen molar-refractivity contribution >= 4 is 11.6 Å². The van der Waals surface area contributed by atoms with Crippen molar-refractivity contribution in [3.05, 3.63) is 24.3 Å². The van der Waals surface area contributed by atoms with Crippen molar-refractivity contribution in [2.75, 3.05) is 5.32 Å². The summed E-state index contributed by atoms with van der Waals surface area (Å²) in [6, 6.07) is 8.14. The fraction of sp³-hybridized carbons (Fsp3) is 0.500. The molecule has 0 aliphatic heterocycles. The van der Waals surface area contributed by atoms with Crippen molar-refractivity contribution in [2.45, 2.75) is 45.6 Å². The molecule has 1 fully saturated rings. The number of nitrogens with zero attached hydrogens (tertiary/aromatic N) is 4. The molecular formula is C16H21N5O. The second-order valence-corrected chi connectivity index (χ2v) is 5.94. The minimum atomic E-state index is 0.0189. The first-order valence-electron chi connectivity index (χ1n) is 7.88. The van der Waals surface area contributed by atoms with Crippen molar-refractivity contribution in [1.82, 2.24) is 20.2 Å². The van der Waals surface area contributed by atoms with Gasteiger partial charge in [0, 0.05) is 17.2 Å². The molecule has 0 saturated heterocycles. The summed E-state index contributed by atoms with van der Waals surface area (Å²) in [5.74, 6) is 0.839. The second-order valence-electron chi connectivity index (χ2n) is 5.94. The summed E-state index contributed by atoms with van der Waals surface area (Å²) in [5.41, 5.74) is 1.72. The molecule has 1 N–H and O–H groups in total. The zero-order chi connectivity index (χ0) is 15.5. The number of hydrogen-bond acceptors (Lipinski definition) is 4. The zero-order valence-corrected chi connectivity index (χ0v) is 13.0. The lowest BCUT2D eigenvalue weighted by atomic mass is 10.1. The Bertz CT molecular complexity index is 662.